The Bertz CT molecular complexity index is 3590. The van der Waals surface area contributed by atoms with Crippen molar-refractivity contribution in [2.24, 2.45) is 0 Å². The average Bonchev–Trinajstić information content (AvgIpc) is 3.61. The van der Waals surface area contributed by atoms with Gasteiger partial charge in [0.05, 0.1) is 44.8 Å². The summed E-state index contributed by atoms with van der Waals surface area (Å²) in [4.78, 5) is 23.0. The van der Waals surface area contributed by atoms with Gasteiger partial charge in [0, 0.05) is 44.7 Å². The summed E-state index contributed by atoms with van der Waals surface area (Å²) in [6, 6.07) is 79.0. The van der Waals surface area contributed by atoms with E-state index in [2.05, 4.69) is 170 Å². The summed E-state index contributed by atoms with van der Waals surface area (Å²) in [6.07, 6.45) is 0. The van der Waals surface area contributed by atoms with Crippen molar-refractivity contribution < 1.29 is 0 Å². The van der Waals surface area contributed by atoms with Gasteiger partial charge in [-0.25, -0.2) is 19.9 Å². The molecule has 5 heteroatoms. The highest BCUT2D eigenvalue weighted by atomic mass is 15.1. The first kappa shape index (κ1) is 39.1. The number of benzene rings is 9. The highest BCUT2D eigenvalue weighted by Crippen LogP contribution is 2.52. The summed E-state index contributed by atoms with van der Waals surface area (Å²) < 4.78 is 0. The summed E-state index contributed by atoms with van der Waals surface area (Å²) in [5.74, 6) is 0. The number of rotatable bonds is 8. The van der Waals surface area contributed by atoms with Crippen LogP contribution in [0.25, 0.3) is 89.4 Å². The van der Waals surface area contributed by atoms with Crippen LogP contribution in [0.5, 0.6) is 0 Å². The van der Waals surface area contributed by atoms with E-state index in [9.17, 15) is 0 Å². The summed E-state index contributed by atoms with van der Waals surface area (Å²) in [5, 5.41) is 0. The lowest BCUT2D eigenvalue weighted by Crippen LogP contribution is -2.16. The molecule has 0 saturated carbocycles. The van der Waals surface area contributed by atoms with Crippen LogP contribution in [0, 0.1) is 0 Å². The van der Waals surface area contributed by atoms with E-state index in [0.717, 1.165) is 95.3 Å². The van der Waals surface area contributed by atoms with Crippen LogP contribution in [-0.2, 0) is 5.41 Å². The van der Waals surface area contributed by atoms with Crippen molar-refractivity contribution in [1.29, 1.82) is 0 Å². The number of hydrogen-bond donors (Lipinski definition) is 0. The van der Waals surface area contributed by atoms with Crippen LogP contribution >= 0.6 is 0 Å². The second-order valence-corrected chi connectivity index (χ2v) is 17.5. The smallest absolute Gasteiger partial charge is 0.0973 e. The van der Waals surface area contributed by atoms with E-state index in [1.807, 2.05) is 72.8 Å². The zero-order valence-corrected chi connectivity index (χ0v) is 36.6. The number of aromatic nitrogens is 4. The molecule has 9 aromatic carbocycles. The second-order valence-electron chi connectivity index (χ2n) is 17.5. The van der Waals surface area contributed by atoms with Crippen molar-refractivity contribution >= 4 is 39.1 Å². The topological polar surface area (TPSA) is 54.8 Å². The van der Waals surface area contributed by atoms with Crippen molar-refractivity contribution in [3.05, 3.63) is 236 Å². The number of hydrogen-bond acceptors (Lipinski definition) is 5. The lowest BCUT2D eigenvalue weighted by Gasteiger charge is -2.28. The summed E-state index contributed by atoms with van der Waals surface area (Å²) in [6.45, 7) is 4.69. The van der Waals surface area contributed by atoms with E-state index < -0.39 is 0 Å². The Morgan fingerprint density at radius 1 is 0.288 bits per heavy atom. The first-order chi connectivity index (χ1) is 32.5. The molecule has 5 nitrogen and oxygen atoms in total. The van der Waals surface area contributed by atoms with Gasteiger partial charge in [-0.1, -0.05) is 172 Å². The van der Waals surface area contributed by atoms with Gasteiger partial charge in [-0.3, -0.25) is 0 Å². The Hall–Kier alpha value is -8.54. The third-order valence-electron chi connectivity index (χ3n) is 13.1. The average molecular weight is 846 g/mol. The molecule has 0 amide bonds. The first-order valence-electron chi connectivity index (χ1n) is 22.5. The van der Waals surface area contributed by atoms with E-state index in [0.29, 0.717) is 0 Å². The fourth-order valence-electron chi connectivity index (χ4n) is 9.66. The van der Waals surface area contributed by atoms with Crippen LogP contribution in [0.3, 0.4) is 0 Å². The molecule has 2 aromatic heterocycles. The molecule has 11 aromatic rings. The van der Waals surface area contributed by atoms with Gasteiger partial charge in [0.15, 0.2) is 0 Å². The van der Waals surface area contributed by atoms with Crippen LogP contribution in [-0.4, -0.2) is 19.9 Å². The number of anilines is 3. The minimum Gasteiger partial charge on any atom is -0.310 e. The molecule has 1 aliphatic carbocycles. The Kier molecular flexibility index (Phi) is 9.42. The molecular formula is C61H43N5. The molecule has 2 heterocycles. The predicted molar refractivity (Wildman–Crippen MR) is 272 cm³/mol. The molecule has 0 saturated heterocycles. The summed E-state index contributed by atoms with van der Waals surface area (Å²) >= 11 is 0. The molecule has 0 unspecified atom stereocenters. The van der Waals surface area contributed by atoms with Gasteiger partial charge in [0.1, 0.15) is 0 Å². The van der Waals surface area contributed by atoms with Crippen molar-refractivity contribution in [1.82, 2.24) is 19.9 Å². The van der Waals surface area contributed by atoms with Crippen molar-refractivity contribution in [2.75, 3.05) is 4.90 Å². The van der Waals surface area contributed by atoms with Crippen molar-refractivity contribution in [2.45, 2.75) is 19.3 Å². The molecule has 0 spiro atoms. The number of fused-ring (bicyclic) bond motifs is 5. The predicted octanol–water partition coefficient (Wildman–Crippen LogP) is 15.7. The van der Waals surface area contributed by atoms with E-state index in [-0.39, 0.29) is 5.41 Å². The Morgan fingerprint density at radius 3 is 1.12 bits per heavy atom. The molecule has 312 valence electrons. The SMILES string of the molecule is CC1(C)c2cc(-c3nc4ccccc4nc3-c3ccccc3)ccc2-c2ccc(N(c3ccccc3)c3ccc(-c4ccc(-c5nc6ccccc6nc5-c5ccccc5)cc4)cc3)cc21. The summed E-state index contributed by atoms with van der Waals surface area (Å²) in [7, 11) is 0. The third kappa shape index (κ3) is 6.81. The monoisotopic (exact) mass is 845 g/mol. The Morgan fingerprint density at radius 2 is 0.621 bits per heavy atom. The largest absolute Gasteiger partial charge is 0.310 e. The lowest BCUT2D eigenvalue weighted by atomic mass is 9.81. The zero-order valence-electron chi connectivity index (χ0n) is 36.6. The van der Waals surface area contributed by atoms with Crippen LogP contribution in [0.4, 0.5) is 17.1 Å². The van der Waals surface area contributed by atoms with Crippen molar-refractivity contribution in [3.63, 3.8) is 0 Å². The normalized spacial score (nSPS) is 12.5. The zero-order chi connectivity index (χ0) is 44.2. The third-order valence-corrected chi connectivity index (χ3v) is 13.1. The maximum absolute atomic E-state index is 5.24. The highest BCUT2D eigenvalue weighted by Gasteiger charge is 2.36. The second kappa shape index (κ2) is 15.9. The summed E-state index contributed by atoms with van der Waals surface area (Å²) in [5.41, 5.74) is 21.6. The maximum Gasteiger partial charge on any atom is 0.0973 e. The molecular weight excluding hydrogens is 803 g/mol. The Balaban J connectivity index is 0.879. The van der Waals surface area contributed by atoms with Crippen LogP contribution in [0.1, 0.15) is 25.0 Å². The Labute approximate surface area is 384 Å². The van der Waals surface area contributed by atoms with Gasteiger partial charge in [-0.2, -0.15) is 0 Å². The van der Waals surface area contributed by atoms with Crippen LogP contribution in [0.2, 0.25) is 0 Å². The fourth-order valence-corrected chi connectivity index (χ4v) is 9.66. The molecule has 0 atom stereocenters. The van der Waals surface area contributed by atoms with Crippen LogP contribution < -0.4 is 4.90 Å². The van der Waals surface area contributed by atoms with E-state index in [1.54, 1.807) is 0 Å². The molecule has 0 N–H and O–H groups in total. The minimum absolute atomic E-state index is 0.271. The van der Waals surface area contributed by atoms with Gasteiger partial charge >= 0.3 is 0 Å². The van der Waals surface area contributed by atoms with Gasteiger partial charge in [0.25, 0.3) is 0 Å². The number of para-hydroxylation sites is 5. The molecule has 12 rings (SSSR count). The minimum atomic E-state index is -0.271. The number of nitrogens with zero attached hydrogens (tertiary/aromatic N) is 5. The van der Waals surface area contributed by atoms with E-state index >= 15 is 0 Å². The van der Waals surface area contributed by atoms with Gasteiger partial charge in [0.2, 0.25) is 0 Å². The quantitative estimate of drug-likeness (QED) is 0.152. The fraction of sp³-hybridized carbons (Fsp3) is 0.0492. The molecule has 1 aliphatic rings. The molecule has 0 aliphatic heterocycles. The standard InChI is InChI=1S/C61H43N5/c1-61(2)51-38-45(60-58(43-18-8-4-9-19-43)63-55-24-14-15-25-56(55)65-60)32-36-49(51)50-37-35-48(39-52(50)61)66(46-20-10-5-11-21-46)47-33-30-41(31-34-47)40-26-28-44(29-27-40)59-57(42-16-6-3-7-17-42)62-53-22-12-13-23-54(53)64-59/h3-39H,1-2H3. The maximum atomic E-state index is 5.24. The van der Waals surface area contributed by atoms with Gasteiger partial charge in [-0.15, -0.1) is 0 Å². The molecule has 66 heavy (non-hydrogen) atoms. The van der Waals surface area contributed by atoms with E-state index in [4.69, 9.17) is 19.9 Å². The lowest BCUT2D eigenvalue weighted by molar-refractivity contribution is 0.660. The highest BCUT2D eigenvalue weighted by molar-refractivity contribution is 5.91. The first-order valence-corrected chi connectivity index (χ1v) is 22.5. The van der Waals surface area contributed by atoms with Crippen molar-refractivity contribution in [3.8, 4) is 67.3 Å². The molecule has 0 fully saturated rings. The van der Waals surface area contributed by atoms with Gasteiger partial charge in [-0.05, 0) is 100 Å². The van der Waals surface area contributed by atoms with Gasteiger partial charge < -0.3 is 4.90 Å². The van der Waals surface area contributed by atoms with E-state index in [1.165, 1.54) is 22.3 Å². The molecule has 0 radical (unpaired) electrons. The molecule has 0 bridgehead atoms. The van der Waals surface area contributed by atoms with Crippen LogP contribution in [0.15, 0.2) is 224 Å².